The largest absolute Gasteiger partial charge is 0.490 e. The number of hydrogen-bond acceptors (Lipinski definition) is 3. The molecular formula is C19H17ClN2O2. The average molecular weight is 341 g/mol. The molecule has 24 heavy (non-hydrogen) atoms. The number of pyridine rings is 1. The van der Waals surface area contributed by atoms with Gasteiger partial charge in [-0.3, -0.25) is 9.78 Å². The van der Waals surface area contributed by atoms with Crippen LogP contribution in [0.3, 0.4) is 0 Å². The molecule has 1 heterocycles. The molecule has 3 rings (SSSR count). The number of carbonyl (C=O) groups excluding carboxylic acids is 1. The molecule has 0 saturated heterocycles. The van der Waals surface area contributed by atoms with Gasteiger partial charge < -0.3 is 10.1 Å². The number of benzene rings is 2. The number of aromatic nitrogens is 1. The van der Waals surface area contributed by atoms with Crippen LogP contribution >= 0.6 is 11.6 Å². The van der Waals surface area contributed by atoms with Crippen molar-refractivity contribution in [1.29, 1.82) is 0 Å². The van der Waals surface area contributed by atoms with Gasteiger partial charge in [-0.2, -0.15) is 0 Å². The predicted molar refractivity (Wildman–Crippen MR) is 96.9 cm³/mol. The van der Waals surface area contributed by atoms with Gasteiger partial charge in [0.2, 0.25) is 0 Å². The zero-order valence-corrected chi connectivity index (χ0v) is 14.2. The van der Waals surface area contributed by atoms with E-state index in [-0.39, 0.29) is 12.0 Å². The molecule has 0 bridgehead atoms. The van der Waals surface area contributed by atoms with Crippen LogP contribution in [0.1, 0.15) is 24.2 Å². The highest BCUT2D eigenvalue weighted by Gasteiger charge is 2.15. The highest BCUT2D eigenvalue weighted by Crippen LogP contribution is 2.25. The van der Waals surface area contributed by atoms with E-state index in [9.17, 15) is 4.79 Å². The van der Waals surface area contributed by atoms with Crippen molar-refractivity contribution in [3.05, 3.63) is 65.3 Å². The number of rotatable bonds is 4. The number of fused-ring (bicyclic) bond motifs is 1. The molecule has 4 nitrogen and oxygen atoms in total. The van der Waals surface area contributed by atoms with E-state index in [1.807, 2.05) is 44.2 Å². The fourth-order valence-electron chi connectivity index (χ4n) is 2.39. The molecule has 0 aliphatic carbocycles. The Labute approximate surface area is 145 Å². The van der Waals surface area contributed by atoms with Crippen molar-refractivity contribution in [2.75, 3.05) is 5.32 Å². The summed E-state index contributed by atoms with van der Waals surface area (Å²) in [5.41, 5.74) is 1.97. The monoisotopic (exact) mass is 340 g/mol. The Balaban J connectivity index is 1.89. The lowest BCUT2D eigenvalue weighted by atomic mass is 10.1. The SMILES string of the molecule is CC(C)Oc1ccc(Cl)cc1C(=O)Nc1ccc2ncccc2c1. The van der Waals surface area contributed by atoms with Crippen LogP contribution in [0.2, 0.25) is 5.02 Å². The normalized spacial score (nSPS) is 10.8. The van der Waals surface area contributed by atoms with Crippen LogP contribution in [0.15, 0.2) is 54.7 Å². The molecular weight excluding hydrogens is 324 g/mol. The first-order valence-electron chi connectivity index (χ1n) is 7.65. The molecule has 1 N–H and O–H groups in total. The highest BCUT2D eigenvalue weighted by atomic mass is 35.5. The molecule has 0 atom stereocenters. The minimum atomic E-state index is -0.267. The van der Waals surface area contributed by atoms with E-state index in [0.29, 0.717) is 22.0 Å². The summed E-state index contributed by atoms with van der Waals surface area (Å²) in [4.78, 5) is 16.9. The van der Waals surface area contributed by atoms with Gasteiger partial charge in [-0.25, -0.2) is 0 Å². The topological polar surface area (TPSA) is 51.2 Å². The smallest absolute Gasteiger partial charge is 0.259 e. The van der Waals surface area contributed by atoms with E-state index in [1.54, 1.807) is 24.4 Å². The summed E-state index contributed by atoms with van der Waals surface area (Å²) in [5.74, 6) is 0.241. The van der Waals surface area contributed by atoms with Gasteiger partial charge in [0.05, 0.1) is 17.2 Å². The molecule has 1 amide bonds. The Morgan fingerprint density at radius 3 is 2.79 bits per heavy atom. The van der Waals surface area contributed by atoms with Crippen molar-refractivity contribution >= 4 is 34.1 Å². The van der Waals surface area contributed by atoms with E-state index < -0.39 is 0 Å². The van der Waals surface area contributed by atoms with Crippen molar-refractivity contribution < 1.29 is 9.53 Å². The first-order chi connectivity index (χ1) is 11.5. The molecule has 0 unspecified atom stereocenters. The third-order valence-corrected chi connectivity index (χ3v) is 3.64. The number of anilines is 1. The number of nitrogens with zero attached hydrogens (tertiary/aromatic N) is 1. The van der Waals surface area contributed by atoms with E-state index in [1.165, 1.54) is 0 Å². The number of nitrogens with one attached hydrogen (secondary N) is 1. The van der Waals surface area contributed by atoms with Crippen molar-refractivity contribution in [1.82, 2.24) is 4.98 Å². The molecule has 0 fully saturated rings. The lowest BCUT2D eigenvalue weighted by molar-refractivity contribution is 0.102. The Morgan fingerprint density at radius 1 is 1.17 bits per heavy atom. The van der Waals surface area contributed by atoms with Gasteiger partial charge in [-0.15, -0.1) is 0 Å². The number of halogens is 1. The molecule has 0 spiro atoms. The molecule has 0 radical (unpaired) electrons. The van der Waals surface area contributed by atoms with E-state index in [4.69, 9.17) is 16.3 Å². The van der Waals surface area contributed by atoms with Crippen molar-refractivity contribution in [3.63, 3.8) is 0 Å². The van der Waals surface area contributed by atoms with Gasteiger partial charge in [-0.05, 0) is 56.3 Å². The number of hydrogen-bond donors (Lipinski definition) is 1. The molecule has 0 aliphatic heterocycles. The fourth-order valence-corrected chi connectivity index (χ4v) is 2.56. The Morgan fingerprint density at radius 2 is 2.00 bits per heavy atom. The maximum Gasteiger partial charge on any atom is 0.259 e. The standard InChI is InChI=1S/C19H17ClN2O2/c1-12(2)24-18-8-5-14(20)11-16(18)19(23)22-15-6-7-17-13(10-15)4-3-9-21-17/h3-12H,1-2H3,(H,22,23). The third kappa shape index (κ3) is 3.66. The van der Waals surface area contributed by atoms with Crippen LogP contribution in [0, 0.1) is 0 Å². The van der Waals surface area contributed by atoms with Gasteiger partial charge in [0.15, 0.2) is 0 Å². The first kappa shape index (κ1) is 16.3. The van der Waals surface area contributed by atoms with Gasteiger partial charge in [-0.1, -0.05) is 17.7 Å². The van der Waals surface area contributed by atoms with Crippen LogP contribution in [0.25, 0.3) is 10.9 Å². The molecule has 0 saturated carbocycles. The lowest BCUT2D eigenvalue weighted by Gasteiger charge is -2.14. The zero-order chi connectivity index (χ0) is 17.1. The summed E-state index contributed by atoms with van der Waals surface area (Å²) in [6, 6.07) is 14.4. The summed E-state index contributed by atoms with van der Waals surface area (Å²) in [7, 11) is 0. The van der Waals surface area contributed by atoms with Gasteiger partial charge in [0.25, 0.3) is 5.91 Å². The summed E-state index contributed by atoms with van der Waals surface area (Å²) >= 11 is 6.03. The van der Waals surface area contributed by atoms with Crippen molar-refractivity contribution in [3.8, 4) is 5.75 Å². The molecule has 0 aliphatic rings. The van der Waals surface area contributed by atoms with Crippen LogP contribution in [-0.4, -0.2) is 17.0 Å². The first-order valence-corrected chi connectivity index (χ1v) is 8.03. The average Bonchev–Trinajstić information content (AvgIpc) is 2.56. The Bertz CT molecular complexity index is 893. The van der Waals surface area contributed by atoms with Gasteiger partial charge >= 0.3 is 0 Å². The molecule has 122 valence electrons. The second-order valence-electron chi connectivity index (χ2n) is 5.67. The molecule has 2 aromatic carbocycles. The summed E-state index contributed by atoms with van der Waals surface area (Å²) in [5, 5.41) is 4.33. The number of ether oxygens (including phenoxy) is 1. The lowest BCUT2D eigenvalue weighted by Crippen LogP contribution is -2.15. The minimum absolute atomic E-state index is 0.0375. The second kappa shape index (κ2) is 6.89. The molecule has 1 aromatic heterocycles. The molecule has 3 aromatic rings. The van der Waals surface area contributed by atoms with E-state index >= 15 is 0 Å². The zero-order valence-electron chi connectivity index (χ0n) is 13.4. The van der Waals surface area contributed by atoms with E-state index in [0.717, 1.165) is 10.9 Å². The second-order valence-corrected chi connectivity index (χ2v) is 6.11. The summed E-state index contributed by atoms with van der Waals surface area (Å²) in [6.07, 6.45) is 1.70. The van der Waals surface area contributed by atoms with Gasteiger partial charge in [0, 0.05) is 22.3 Å². The van der Waals surface area contributed by atoms with Crippen molar-refractivity contribution in [2.24, 2.45) is 0 Å². The van der Waals surface area contributed by atoms with Crippen LogP contribution in [0.4, 0.5) is 5.69 Å². The van der Waals surface area contributed by atoms with Gasteiger partial charge in [0.1, 0.15) is 5.75 Å². The summed E-state index contributed by atoms with van der Waals surface area (Å²) in [6.45, 7) is 3.82. The third-order valence-electron chi connectivity index (χ3n) is 3.41. The Hall–Kier alpha value is -2.59. The Kier molecular flexibility index (Phi) is 4.67. The highest BCUT2D eigenvalue weighted by molar-refractivity contribution is 6.31. The number of amides is 1. The van der Waals surface area contributed by atoms with Crippen LogP contribution < -0.4 is 10.1 Å². The molecule has 5 heteroatoms. The van der Waals surface area contributed by atoms with Crippen LogP contribution in [-0.2, 0) is 0 Å². The quantitative estimate of drug-likeness (QED) is 0.732. The van der Waals surface area contributed by atoms with Crippen molar-refractivity contribution in [2.45, 2.75) is 20.0 Å². The fraction of sp³-hybridized carbons (Fsp3) is 0.158. The minimum Gasteiger partial charge on any atom is -0.490 e. The maximum absolute atomic E-state index is 12.6. The predicted octanol–water partition coefficient (Wildman–Crippen LogP) is 4.93. The number of carbonyl (C=O) groups is 1. The summed E-state index contributed by atoms with van der Waals surface area (Å²) < 4.78 is 5.70. The maximum atomic E-state index is 12.6. The van der Waals surface area contributed by atoms with Crippen LogP contribution in [0.5, 0.6) is 5.75 Å². The van der Waals surface area contributed by atoms with E-state index in [2.05, 4.69) is 10.3 Å².